The highest BCUT2D eigenvalue weighted by Gasteiger charge is 2.82. The zero-order valence-electron chi connectivity index (χ0n) is 14.0. The standard InChI is InChI=1S/2C4F9N3.H2O/c2*5-1(6,3(9,10)11)2(7,8)4(12,13)15-16-14;/h;;1H2. The largest absolute Gasteiger partial charge is 0.460 e. The monoisotopic (exact) mass is 540 g/mol. The van der Waals surface area contributed by atoms with Gasteiger partial charge in [-0.15, -0.1) is 0 Å². The molecule has 33 heavy (non-hydrogen) atoms. The third kappa shape index (κ3) is 6.22. The van der Waals surface area contributed by atoms with E-state index >= 15 is 0 Å². The van der Waals surface area contributed by atoms with Crippen LogP contribution in [-0.2, 0) is 0 Å². The molecule has 0 saturated heterocycles. The third-order valence-corrected chi connectivity index (χ3v) is 2.60. The summed E-state index contributed by atoms with van der Waals surface area (Å²) in [4.78, 5) is 2.13. The van der Waals surface area contributed by atoms with Crippen molar-refractivity contribution in [2.24, 2.45) is 10.2 Å². The minimum Gasteiger partial charge on any atom is -0.412 e. The molecule has 0 aromatic heterocycles. The van der Waals surface area contributed by atoms with Crippen molar-refractivity contribution in [2.45, 2.75) is 48.1 Å². The first-order valence-corrected chi connectivity index (χ1v) is 6.15. The number of nitrogens with zero attached hydrogens (tertiary/aromatic N) is 6. The average Bonchev–Trinajstić information content (AvgIpc) is 2.52. The molecule has 25 heteroatoms. The SMILES string of the molecule is O.[N-]=[N+]=NC(F)(F)C(F)(F)C(F)(F)C(F)(F)F.[N-]=[N+]=NC(F)(F)C(F)(F)C(F)(F)C(F)(F)F. The molecule has 0 aromatic carbocycles. The van der Waals surface area contributed by atoms with Crippen molar-refractivity contribution in [1.82, 2.24) is 0 Å². The first-order chi connectivity index (χ1) is 13.6. The highest BCUT2D eigenvalue weighted by atomic mass is 19.4. The van der Waals surface area contributed by atoms with Gasteiger partial charge in [0.15, 0.2) is 0 Å². The molecule has 7 nitrogen and oxygen atoms in total. The summed E-state index contributed by atoms with van der Waals surface area (Å²) >= 11 is 0. The van der Waals surface area contributed by atoms with Crippen molar-refractivity contribution in [3.8, 4) is 0 Å². The van der Waals surface area contributed by atoms with Crippen LogP contribution >= 0.6 is 0 Å². The van der Waals surface area contributed by atoms with Gasteiger partial charge >= 0.3 is 48.1 Å². The van der Waals surface area contributed by atoms with E-state index in [1.54, 1.807) is 0 Å². The highest BCUT2D eigenvalue weighted by Crippen LogP contribution is 2.54. The van der Waals surface area contributed by atoms with E-state index in [1.807, 2.05) is 0 Å². The van der Waals surface area contributed by atoms with Crippen LogP contribution in [0.4, 0.5) is 79.0 Å². The Kier molecular flexibility index (Phi) is 10.2. The minimum absolute atomic E-state index is 0. The Bertz CT molecular complexity index is 693. The van der Waals surface area contributed by atoms with Gasteiger partial charge in [0.25, 0.3) is 0 Å². The highest BCUT2D eigenvalue weighted by molar-refractivity contribution is 5.00. The lowest BCUT2D eigenvalue weighted by Crippen LogP contribution is -2.60. The molecule has 0 amide bonds. The van der Waals surface area contributed by atoms with E-state index in [9.17, 15) is 79.0 Å². The predicted octanol–water partition coefficient (Wildman–Crippen LogP) is 6.62. The van der Waals surface area contributed by atoms with Crippen LogP contribution in [0.2, 0.25) is 0 Å². The quantitative estimate of drug-likeness (QED) is 0.118. The summed E-state index contributed by atoms with van der Waals surface area (Å²) in [6.07, 6.45) is -13.8. The first kappa shape index (κ1) is 34.9. The predicted molar refractivity (Wildman–Crippen MR) is 63.7 cm³/mol. The van der Waals surface area contributed by atoms with E-state index < -0.39 is 48.1 Å². The van der Waals surface area contributed by atoms with E-state index in [1.165, 1.54) is 0 Å². The van der Waals surface area contributed by atoms with Crippen molar-refractivity contribution in [3.05, 3.63) is 20.9 Å². The van der Waals surface area contributed by atoms with Gasteiger partial charge in [-0.2, -0.15) is 79.0 Å². The maximum atomic E-state index is 12.2. The van der Waals surface area contributed by atoms with E-state index in [0.29, 0.717) is 0 Å². The maximum Gasteiger partial charge on any atom is 0.460 e. The van der Waals surface area contributed by atoms with Gasteiger partial charge in [-0.05, 0) is 21.3 Å². The molecular weight excluding hydrogens is 538 g/mol. The van der Waals surface area contributed by atoms with Gasteiger partial charge in [-0.25, -0.2) is 0 Å². The summed E-state index contributed by atoms with van der Waals surface area (Å²) in [7, 11) is 0. The van der Waals surface area contributed by atoms with Gasteiger partial charge in [-0.3, -0.25) is 0 Å². The molecule has 0 unspecified atom stereocenters. The Morgan fingerprint density at radius 1 is 0.394 bits per heavy atom. The summed E-state index contributed by atoms with van der Waals surface area (Å²) < 4.78 is 213. The zero-order chi connectivity index (χ0) is 26.8. The summed E-state index contributed by atoms with van der Waals surface area (Å²) in [5, 5.41) is 1.85. The topological polar surface area (TPSA) is 129 Å². The fourth-order valence-electron chi connectivity index (χ4n) is 0.972. The van der Waals surface area contributed by atoms with E-state index in [0.717, 1.165) is 20.1 Å². The molecule has 0 aliphatic rings. The van der Waals surface area contributed by atoms with Gasteiger partial charge in [0.1, 0.15) is 0 Å². The van der Waals surface area contributed by atoms with Gasteiger partial charge in [-0.1, -0.05) is 0 Å². The molecule has 2 N–H and O–H groups in total. The van der Waals surface area contributed by atoms with E-state index in [4.69, 9.17) is 11.1 Å². The van der Waals surface area contributed by atoms with Crippen molar-refractivity contribution in [2.75, 3.05) is 0 Å². The number of halogens is 18. The van der Waals surface area contributed by atoms with Crippen LogP contribution in [0.25, 0.3) is 20.9 Å². The molecule has 0 fully saturated rings. The van der Waals surface area contributed by atoms with Crippen molar-refractivity contribution < 1.29 is 84.5 Å². The fraction of sp³-hybridized carbons (Fsp3) is 1.00. The lowest BCUT2D eigenvalue weighted by molar-refractivity contribution is -0.394. The van der Waals surface area contributed by atoms with Gasteiger partial charge in [0, 0.05) is 9.82 Å². The molecule has 0 aliphatic heterocycles. The summed E-state index contributed by atoms with van der Waals surface area (Å²) in [5.74, 6) is -27.8. The zero-order valence-corrected chi connectivity index (χ0v) is 14.0. The molecule has 0 radical (unpaired) electrons. The lowest BCUT2D eigenvalue weighted by Gasteiger charge is -2.31. The molecule has 0 heterocycles. The Hall–Kier alpha value is -2.68. The molecule has 0 saturated carbocycles. The molecule has 0 atom stereocenters. The van der Waals surface area contributed by atoms with Crippen LogP contribution < -0.4 is 0 Å². The Morgan fingerprint density at radius 2 is 0.576 bits per heavy atom. The summed E-state index contributed by atoms with van der Waals surface area (Å²) in [6, 6.07) is -12.4. The van der Waals surface area contributed by atoms with Gasteiger partial charge in [0.2, 0.25) is 0 Å². The fourth-order valence-corrected chi connectivity index (χ4v) is 0.972. The van der Waals surface area contributed by atoms with Crippen LogP contribution in [0, 0.1) is 0 Å². The number of alkyl halides is 18. The number of azide groups is 2. The molecule has 0 bridgehead atoms. The molecule has 0 aliphatic carbocycles. The van der Waals surface area contributed by atoms with Crippen LogP contribution in [0.1, 0.15) is 0 Å². The average molecular weight is 540 g/mol. The maximum absolute atomic E-state index is 12.2. The van der Waals surface area contributed by atoms with Crippen molar-refractivity contribution in [3.63, 3.8) is 0 Å². The summed E-state index contributed by atoms with van der Waals surface area (Å²) in [5.41, 5.74) is 14.7. The van der Waals surface area contributed by atoms with Crippen LogP contribution in [-0.4, -0.2) is 53.6 Å². The molecule has 0 aromatic rings. The van der Waals surface area contributed by atoms with Crippen molar-refractivity contribution >= 4 is 0 Å². The minimum atomic E-state index is -7.03. The van der Waals surface area contributed by atoms with Crippen molar-refractivity contribution in [1.29, 1.82) is 0 Å². The van der Waals surface area contributed by atoms with Crippen LogP contribution in [0.15, 0.2) is 10.2 Å². The molecule has 0 rings (SSSR count). The molecular formula is C8H2F18N6O. The lowest BCUT2D eigenvalue weighted by atomic mass is 10.1. The van der Waals surface area contributed by atoms with Gasteiger partial charge < -0.3 is 5.48 Å². The Balaban J connectivity index is -0.000000529. The number of hydrogen-bond donors (Lipinski definition) is 0. The molecule has 0 spiro atoms. The molecule has 196 valence electrons. The third-order valence-electron chi connectivity index (χ3n) is 2.60. The van der Waals surface area contributed by atoms with E-state index in [-0.39, 0.29) is 5.48 Å². The van der Waals surface area contributed by atoms with Crippen LogP contribution in [0.3, 0.4) is 0 Å². The number of hydrogen-bond acceptors (Lipinski definition) is 2. The Labute approximate surface area is 165 Å². The smallest absolute Gasteiger partial charge is 0.412 e. The van der Waals surface area contributed by atoms with Gasteiger partial charge in [0.05, 0.1) is 0 Å². The Morgan fingerprint density at radius 3 is 0.697 bits per heavy atom. The van der Waals surface area contributed by atoms with Crippen LogP contribution in [0.5, 0.6) is 0 Å². The second-order valence-electron chi connectivity index (χ2n) is 4.75. The first-order valence-electron chi connectivity index (χ1n) is 6.15. The normalized spacial score (nSPS) is 14.1. The van der Waals surface area contributed by atoms with E-state index in [2.05, 4.69) is 0 Å². The number of rotatable bonds is 6. The summed E-state index contributed by atoms with van der Waals surface area (Å²) in [6.45, 7) is 0. The second-order valence-corrected chi connectivity index (χ2v) is 4.75. The second kappa shape index (κ2) is 9.67.